The van der Waals surface area contributed by atoms with Gasteiger partial charge in [0.05, 0.1) is 0 Å². The van der Waals surface area contributed by atoms with Crippen LogP contribution in [0, 0.1) is 5.92 Å². The van der Waals surface area contributed by atoms with Crippen molar-refractivity contribution in [3.05, 3.63) is 34.9 Å². The highest BCUT2D eigenvalue weighted by Crippen LogP contribution is 2.21. The van der Waals surface area contributed by atoms with Crippen LogP contribution in [0.2, 0.25) is 5.02 Å². The summed E-state index contributed by atoms with van der Waals surface area (Å²) in [5.41, 5.74) is 1.25. The van der Waals surface area contributed by atoms with Crippen molar-refractivity contribution in [2.75, 3.05) is 26.7 Å². The quantitative estimate of drug-likeness (QED) is 0.915. The Bertz CT molecular complexity index is 355. The van der Waals surface area contributed by atoms with Crippen LogP contribution >= 0.6 is 24.0 Å². The Hall–Kier alpha value is -0.280. The Morgan fingerprint density at radius 2 is 2.17 bits per heavy atom. The van der Waals surface area contributed by atoms with E-state index in [9.17, 15) is 0 Å². The number of hydrogen-bond donors (Lipinski definition) is 1. The largest absolute Gasteiger partial charge is 0.319 e. The van der Waals surface area contributed by atoms with Gasteiger partial charge in [0.25, 0.3) is 0 Å². The van der Waals surface area contributed by atoms with Crippen molar-refractivity contribution >= 4 is 24.0 Å². The Morgan fingerprint density at radius 3 is 2.89 bits per heavy atom. The normalized spacial score (nSPS) is 20.4. The van der Waals surface area contributed by atoms with E-state index in [1.165, 1.54) is 31.5 Å². The molecule has 2 nitrogen and oxygen atoms in total. The molecule has 102 valence electrons. The van der Waals surface area contributed by atoms with E-state index in [1.54, 1.807) is 0 Å². The second-order valence-corrected chi connectivity index (χ2v) is 5.30. The van der Waals surface area contributed by atoms with Gasteiger partial charge in [0.2, 0.25) is 0 Å². The van der Waals surface area contributed by atoms with E-state index in [0.29, 0.717) is 0 Å². The van der Waals surface area contributed by atoms with Gasteiger partial charge >= 0.3 is 0 Å². The van der Waals surface area contributed by atoms with Gasteiger partial charge in [-0.15, -0.1) is 12.4 Å². The molecule has 1 aliphatic rings. The zero-order chi connectivity index (χ0) is 12.1. The minimum Gasteiger partial charge on any atom is -0.319 e. The molecule has 1 aromatic rings. The third-order valence-electron chi connectivity index (χ3n) is 3.45. The fourth-order valence-electron chi connectivity index (χ4n) is 2.62. The van der Waals surface area contributed by atoms with E-state index in [4.69, 9.17) is 11.6 Å². The maximum absolute atomic E-state index is 6.20. The summed E-state index contributed by atoms with van der Waals surface area (Å²) in [6.07, 6.45) is 2.65. The lowest BCUT2D eigenvalue weighted by Crippen LogP contribution is -2.38. The van der Waals surface area contributed by atoms with Gasteiger partial charge in [-0.3, -0.25) is 4.90 Å². The fraction of sp³-hybridized carbons (Fsp3) is 0.571. The number of nitrogens with zero attached hydrogens (tertiary/aromatic N) is 1. The van der Waals surface area contributed by atoms with Crippen LogP contribution in [0.3, 0.4) is 0 Å². The van der Waals surface area contributed by atoms with E-state index in [0.717, 1.165) is 24.0 Å². The minimum absolute atomic E-state index is 0. The molecule has 1 heterocycles. The number of hydrogen-bond acceptors (Lipinski definition) is 2. The monoisotopic (exact) mass is 288 g/mol. The van der Waals surface area contributed by atoms with Crippen LogP contribution in [0.15, 0.2) is 24.3 Å². The molecular weight excluding hydrogens is 267 g/mol. The molecule has 1 atom stereocenters. The zero-order valence-corrected chi connectivity index (χ0v) is 12.4. The molecule has 1 saturated heterocycles. The smallest absolute Gasteiger partial charge is 0.0451 e. The molecule has 0 radical (unpaired) electrons. The predicted octanol–water partition coefficient (Wildman–Crippen LogP) is 3.19. The van der Waals surface area contributed by atoms with Gasteiger partial charge in [-0.05, 0) is 50.5 Å². The second kappa shape index (κ2) is 8.00. The molecule has 1 aliphatic heterocycles. The van der Waals surface area contributed by atoms with Crippen LogP contribution in [0.4, 0.5) is 0 Å². The standard InChI is InChI=1S/C14H21ClN2.ClH/c1-16-9-12-5-4-8-17(10-12)11-13-6-2-3-7-14(13)15;/h2-3,6-7,12,16H,4-5,8-11H2,1H3;1H. The van der Waals surface area contributed by atoms with Gasteiger partial charge in [-0.1, -0.05) is 29.8 Å². The van der Waals surface area contributed by atoms with Crippen molar-refractivity contribution in [2.24, 2.45) is 5.92 Å². The average Bonchev–Trinajstić information content (AvgIpc) is 2.33. The summed E-state index contributed by atoms with van der Waals surface area (Å²) in [6.45, 7) is 4.50. The van der Waals surface area contributed by atoms with Gasteiger partial charge < -0.3 is 5.32 Å². The average molecular weight is 289 g/mol. The molecule has 0 aliphatic carbocycles. The Balaban J connectivity index is 0.00000162. The predicted molar refractivity (Wildman–Crippen MR) is 80.6 cm³/mol. The van der Waals surface area contributed by atoms with E-state index in [-0.39, 0.29) is 12.4 Å². The summed E-state index contributed by atoms with van der Waals surface area (Å²) in [6, 6.07) is 8.16. The van der Waals surface area contributed by atoms with Crippen LogP contribution < -0.4 is 5.32 Å². The fourth-order valence-corrected chi connectivity index (χ4v) is 2.81. The first-order valence-electron chi connectivity index (χ1n) is 6.40. The first-order valence-corrected chi connectivity index (χ1v) is 6.77. The van der Waals surface area contributed by atoms with E-state index in [2.05, 4.69) is 22.3 Å². The topological polar surface area (TPSA) is 15.3 Å². The Labute approximate surface area is 121 Å². The van der Waals surface area contributed by atoms with Crippen molar-refractivity contribution in [1.29, 1.82) is 0 Å². The molecular formula is C14H22Cl2N2. The second-order valence-electron chi connectivity index (χ2n) is 4.89. The van der Waals surface area contributed by atoms with Crippen LogP contribution in [-0.2, 0) is 6.54 Å². The molecule has 4 heteroatoms. The lowest BCUT2D eigenvalue weighted by atomic mass is 9.97. The summed E-state index contributed by atoms with van der Waals surface area (Å²) in [5.74, 6) is 0.788. The van der Waals surface area contributed by atoms with Crippen LogP contribution in [0.5, 0.6) is 0 Å². The molecule has 0 aromatic heterocycles. The van der Waals surface area contributed by atoms with E-state index < -0.39 is 0 Å². The lowest BCUT2D eigenvalue weighted by molar-refractivity contribution is 0.167. The highest BCUT2D eigenvalue weighted by atomic mass is 35.5. The maximum Gasteiger partial charge on any atom is 0.0451 e. The highest BCUT2D eigenvalue weighted by molar-refractivity contribution is 6.31. The number of benzene rings is 1. The first-order chi connectivity index (χ1) is 8.29. The van der Waals surface area contributed by atoms with Crippen molar-refractivity contribution in [2.45, 2.75) is 19.4 Å². The summed E-state index contributed by atoms with van der Waals surface area (Å²) < 4.78 is 0. The summed E-state index contributed by atoms with van der Waals surface area (Å²) in [5, 5.41) is 4.17. The van der Waals surface area contributed by atoms with Crippen LogP contribution in [0.1, 0.15) is 18.4 Å². The van der Waals surface area contributed by atoms with Crippen molar-refractivity contribution in [3.63, 3.8) is 0 Å². The minimum atomic E-state index is 0. The Morgan fingerprint density at radius 1 is 1.39 bits per heavy atom. The number of nitrogens with one attached hydrogen (secondary N) is 1. The number of rotatable bonds is 4. The molecule has 0 saturated carbocycles. The van der Waals surface area contributed by atoms with Gasteiger partial charge in [0.1, 0.15) is 0 Å². The van der Waals surface area contributed by atoms with Gasteiger partial charge in [-0.25, -0.2) is 0 Å². The molecule has 0 bridgehead atoms. The lowest BCUT2D eigenvalue weighted by Gasteiger charge is -2.32. The Kier molecular flexibility index (Phi) is 7.02. The molecule has 1 aromatic carbocycles. The van der Waals surface area contributed by atoms with Crippen molar-refractivity contribution < 1.29 is 0 Å². The van der Waals surface area contributed by atoms with E-state index in [1.807, 2.05) is 19.2 Å². The molecule has 1 N–H and O–H groups in total. The highest BCUT2D eigenvalue weighted by Gasteiger charge is 2.19. The summed E-state index contributed by atoms with van der Waals surface area (Å²) >= 11 is 6.20. The number of halogens is 2. The SMILES string of the molecule is CNCC1CCCN(Cc2ccccc2Cl)C1.Cl. The first kappa shape index (κ1) is 15.8. The van der Waals surface area contributed by atoms with Crippen LogP contribution in [-0.4, -0.2) is 31.6 Å². The third kappa shape index (κ3) is 4.43. The molecule has 0 amide bonds. The van der Waals surface area contributed by atoms with Gasteiger partial charge in [0.15, 0.2) is 0 Å². The van der Waals surface area contributed by atoms with E-state index >= 15 is 0 Å². The van der Waals surface area contributed by atoms with Crippen molar-refractivity contribution in [3.8, 4) is 0 Å². The molecule has 18 heavy (non-hydrogen) atoms. The molecule has 1 unspecified atom stereocenters. The number of piperidine rings is 1. The number of likely N-dealkylation sites (tertiary alicyclic amines) is 1. The molecule has 0 spiro atoms. The summed E-state index contributed by atoms with van der Waals surface area (Å²) in [7, 11) is 2.03. The molecule has 1 fully saturated rings. The maximum atomic E-state index is 6.20. The molecule has 2 rings (SSSR count). The zero-order valence-electron chi connectivity index (χ0n) is 10.9. The van der Waals surface area contributed by atoms with Crippen LogP contribution in [0.25, 0.3) is 0 Å². The third-order valence-corrected chi connectivity index (χ3v) is 3.82. The summed E-state index contributed by atoms with van der Waals surface area (Å²) in [4.78, 5) is 2.52. The van der Waals surface area contributed by atoms with Gasteiger partial charge in [-0.2, -0.15) is 0 Å². The van der Waals surface area contributed by atoms with Gasteiger partial charge in [0, 0.05) is 18.1 Å². The van der Waals surface area contributed by atoms with Crippen molar-refractivity contribution in [1.82, 2.24) is 10.2 Å².